The molecule has 21 heavy (non-hydrogen) atoms. The van der Waals surface area contributed by atoms with Crippen LogP contribution in [0, 0.1) is 0 Å². The summed E-state index contributed by atoms with van der Waals surface area (Å²) in [4.78, 5) is 8.63. The SMILES string of the molecule is COc1ccc(C(N)c2nc(-c3ccccn3)n[nH]2)cc1. The lowest BCUT2D eigenvalue weighted by Crippen LogP contribution is -2.13. The van der Waals surface area contributed by atoms with Gasteiger partial charge in [0, 0.05) is 6.20 Å². The Morgan fingerprint density at radius 1 is 1.14 bits per heavy atom. The Bertz CT molecular complexity index is 708. The van der Waals surface area contributed by atoms with Gasteiger partial charge in [-0.25, -0.2) is 4.98 Å². The summed E-state index contributed by atoms with van der Waals surface area (Å²) in [5.74, 6) is 1.92. The second-order valence-electron chi connectivity index (χ2n) is 4.51. The van der Waals surface area contributed by atoms with E-state index < -0.39 is 0 Å². The third kappa shape index (κ3) is 2.75. The van der Waals surface area contributed by atoms with Crippen molar-refractivity contribution >= 4 is 0 Å². The van der Waals surface area contributed by atoms with Crippen molar-refractivity contribution in [2.24, 2.45) is 5.73 Å². The minimum atomic E-state index is -0.374. The van der Waals surface area contributed by atoms with Gasteiger partial charge in [0.25, 0.3) is 0 Å². The van der Waals surface area contributed by atoms with E-state index in [1.807, 2.05) is 42.5 Å². The van der Waals surface area contributed by atoms with Crippen LogP contribution in [-0.2, 0) is 0 Å². The molecule has 3 rings (SSSR count). The first-order valence-corrected chi connectivity index (χ1v) is 6.51. The molecule has 6 nitrogen and oxygen atoms in total. The standard InChI is InChI=1S/C15H15N5O/c1-21-11-7-5-10(6-8-11)13(16)15-18-14(19-20-15)12-4-2-3-9-17-12/h2-9,13H,16H2,1H3,(H,18,19,20). The fourth-order valence-electron chi connectivity index (χ4n) is 1.99. The van der Waals surface area contributed by atoms with Gasteiger partial charge in [0.2, 0.25) is 0 Å². The van der Waals surface area contributed by atoms with E-state index in [0.717, 1.165) is 11.3 Å². The molecular formula is C15H15N5O. The van der Waals surface area contributed by atoms with Crippen molar-refractivity contribution in [3.05, 3.63) is 60.0 Å². The zero-order valence-electron chi connectivity index (χ0n) is 11.5. The third-order valence-electron chi connectivity index (χ3n) is 3.17. The van der Waals surface area contributed by atoms with E-state index in [9.17, 15) is 0 Å². The molecule has 3 N–H and O–H groups in total. The molecule has 1 unspecified atom stereocenters. The van der Waals surface area contributed by atoms with Crippen molar-refractivity contribution < 1.29 is 4.74 Å². The van der Waals surface area contributed by atoms with Crippen LogP contribution in [0.4, 0.5) is 0 Å². The van der Waals surface area contributed by atoms with Gasteiger partial charge in [0.15, 0.2) is 5.82 Å². The summed E-state index contributed by atoms with van der Waals surface area (Å²) in [6.45, 7) is 0. The number of hydrogen-bond donors (Lipinski definition) is 2. The molecule has 2 heterocycles. The molecule has 0 bridgehead atoms. The molecule has 0 spiro atoms. The monoisotopic (exact) mass is 281 g/mol. The van der Waals surface area contributed by atoms with Crippen molar-refractivity contribution in [2.45, 2.75) is 6.04 Å². The fraction of sp³-hybridized carbons (Fsp3) is 0.133. The van der Waals surface area contributed by atoms with Crippen LogP contribution >= 0.6 is 0 Å². The summed E-state index contributed by atoms with van der Waals surface area (Å²) in [5, 5.41) is 7.04. The maximum Gasteiger partial charge on any atom is 0.199 e. The van der Waals surface area contributed by atoms with Crippen LogP contribution in [0.3, 0.4) is 0 Å². The molecule has 1 atom stereocenters. The number of aromatic amines is 1. The molecule has 1 aromatic carbocycles. The number of aromatic nitrogens is 4. The summed E-state index contributed by atoms with van der Waals surface area (Å²) in [6, 6.07) is 12.8. The van der Waals surface area contributed by atoms with Gasteiger partial charge in [-0.2, -0.15) is 5.10 Å². The molecule has 0 aliphatic carbocycles. The Morgan fingerprint density at radius 3 is 2.62 bits per heavy atom. The zero-order valence-corrected chi connectivity index (χ0v) is 11.5. The summed E-state index contributed by atoms with van der Waals surface area (Å²) in [5.41, 5.74) is 7.84. The quantitative estimate of drug-likeness (QED) is 0.762. The van der Waals surface area contributed by atoms with E-state index in [1.165, 1.54) is 0 Å². The Labute approximate surface area is 122 Å². The predicted octanol–water partition coefficient (Wildman–Crippen LogP) is 1.92. The third-order valence-corrected chi connectivity index (χ3v) is 3.17. The maximum atomic E-state index is 6.20. The molecule has 0 saturated heterocycles. The van der Waals surface area contributed by atoms with Gasteiger partial charge in [-0.1, -0.05) is 18.2 Å². The van der Waals surface area contributed by atoms with Gasteiger partial charge < -0.3 is 10.5 Å². The summed E-state index contributed by atoms with van der Waals surface area (Å²) in [7, 11) is 1.63. The van der Waals surface area contributed by atoms with E-state index in [4.69, 9.17) is 10.5 Å². The molecular weight excluding hydrogens is 266 g/mol. The number of hydrogen-bond acceptors (Lipinski definition) is 5. The van der Waals surface area contributed by atoms with Crippen LogP contribution in [0.15, 0.2) is 48.7 Å². The van der Waals surface area contributed by atoms with Gasteiger partial charge >= 0.3 is 0 Å². The van der Waals surface area contributed by atoms with Gasteiger partial charge in [-0.15, -0.1) is 0 Å². The number of benzene rings is 1. The Balaban J connectivity index is 1.85. The van der Waals surface area contributed by atoms with Crippen LogP contribution in [0.1, 0.15) is 17.4 Å². The maximum absolute atomic E-state index is 6.20. The van der Waals surface area contributed by atoms with E-state index in [2.05, 4.69) is 20.2 Å². The molecule has 0 radical (unpaired) electrons. The van der Waals surface area contributed by atoms with Crippen LogP contribution in [0.2, 0.25) is 0 Å². The molecule has 0 aliphatic heterocycles. The fourth-order valence-corrected chi connectivity index (χ4v) is 1.99. The molecule has 0 saturated carbocycles. The summed E-state index contributed by atoms with van der Waals surface area (Å²) >= 11 is 0. The Morgan fingerprint density at radius 2 is 1.95 bits per heavy atom. The number of nitrogens with one attached hydrogen (secondary N) is 1. The lowest BCUT2D eigenvalue weighted by Gasteiger charge is -2.09. The molecule has 0 aliphatic rings. The van der Waals surface area contributed by atoms with Gasteiger partial charge in [0.05, 0.1) is 13.2 Å². The highest BCUT2D eigenvalue weighted by atomic mass is 16.5. The Kier molecular flexibility index (Phi) is 3.61. The number of nitrogens with two attached hydrogens (primary N) is 1. The van der Waals surface area contributed by atoms with Gasteiger partial charge in [0.1, 0.15) is 17.3 Å². The first-order valence-electron chi connectivity index (χ1n) is 6.51. The van der Waals surface area contributed by atoms with E-state index in [1.54, 1.807) is 13.3 Å². The van der Waals surface area contributed by atoms with E-state index >= 15 is 0 Å². The highest BCUT2D eigenvalue weighted by Crippen LogP contribution is 2.21. The van der Waals surface area contributed by atoms with Crippen molar-refractivity contribution in [2.75, 3.05) is 7.11 Å². The van der Waals surface area contributed by atoms with E-state index in [-0.39, 0.29) is 6.04 Å². The van der Waals surface area contributed by atoms with Gasteiger partial charge in [-0.3, -0.25) is 10.1 Å². The number of pyridine rings is 1. The normalized spacial score (nSPS) is 12.1. The average molecular weight is 281 g/mol. The van der Waals surface area contributed by atoms with Crippen LogP contribution in [0.5, 0.6) is 5.75 Å². The van der Waals surface area contributed by atoms with Crippen LogP contribution in [0.25, 0.3) is 11.5 Å². The lowest BCUT2D eigenvalue weighted by atomic mass is 10.1. The van der Waals surface area contributed by atoms with Crippen molar-refractivity contribution in [1.29, 1.82) is 0 Å². The Hall–Kier alpha value is -2.73. The highest BCUT2D eigenvalue weighted by molar-refractivity contribution is 5.48. The highest BCUT2D eigenvalue weighted by Gasteiger charge is 2.15. The van der Waals surface area contributed by atoms with Crippen molar-refractivity contribution in [3.8, 4) is 17.3 Å². The number of nitrogens with zero attached hydrogens (tertiary/aromatic N) is 3. The molecule has 0 fully saturated rings. The number of H-pyrrole nitrogens is 1. The van der Waals surface area contributed by atoms with Crippen LogP contribution < -0.4 is 10.5 Å². The van der Waals surface area contributed by atoms with Crippen molar-refractivity contribution in [1.82, 2.24) is 20.2 Å². The minimum Gasteiger partial charge on any atom is -0.497 e. The molecule has 106 valence electrons. The molecule has 2 aromatic heterocycles. The van der Waals surface area contributed by atoms with E-state index in [0.29, 0.717) is 17.3 Å². The first kappa shape index (κ1) is 13.3. The number of ether oxygens (including phenoxy) is 1. The average Bonchev–Trinajstić information content (AvgIpc) is 3.05. The van der Waals surface area contributed by atoms with Crippen molar-refractivity contribution in [3.63, 3.8) is 0 Å². The topological polar surface area (TPSA) is 89.7 Å². The number of methoxy groups -OCH3 is 1. The summed E-state index contributed by atoms with van der Waals surface area (Å²) in [6.07, 6.45) is 1.70. The second kappa shape index (κ2) is 5.72. The molecule has 3 aromatic rings. The predicted molar refractivity (Wildman–Crippen MR) is 78.6 cm³/mol. The molecule has 6 heteroatoms. The smallest absolute Gasteiger partial charge is 0.199 e. The number of rotatable bonds is 4. The first-order chi connectivity index (χ1) is 10.3. The largest absolute Gasteiger partial charge is 0.497 e. The molecule has 0 amide bonds. The summed E-state index contributed by atoms with van der Waals surface area (Å²) < 4.78 is 5.13. The van der Waals surface area contributed by atoms with Crippen LogP contribution in [-0.4, -0.2) is 27.3 Å². The van der Waals surface area contributed by atoms with Gasteiger partial charge in [-0.05, 0) is 29.8 Å². The second-order valence-corrected chi connectivity index (χ2v) is 4.51. The zero-order chi connectivity index (χ0) is 14.7. The lowest BCUT2D eigenvalue weighted by molar-refractivity contribution is 0.414. The minimum absolute atomic E-state index is 0.374.